The van der Waals surface area contributed by atoms with Gasteiger partial charge in [0.2, 0.25) is 0 Å². The van der Waals surface area contributed by atoms with Gasteiger partial charge in [0.05, 0.1) is 18.7 Å². The first-order valence-electron chi connectivity index (χ1n) is 8.16. The van der Waals surface area contributed by atoms with Gasteiger partial charge in [-0.3, -0.25) is 9.59 Å². The maximum atomic E-state index is 13.3. The maximum absolute atomic E-state index is 13.3. The Balaban J connectivity index is 2.12. The molecule has 0 saturated carbocycles. The van der Waals surface area contributed by atoms with Crippen LogP contribution < -0.4 is 15.4 Å². The van der Waals surface area contributed by atoms with Crippen LogP contribution in [0, 0.1) is 12.7 Å². The number of nitrogens with one attached hydrogen (secondary N) is 2. The molecule has 0 aromatic heterocycles. The van der Waals surface area contributed by atoms with Crippen molar-refractivity contribution in [3.05, 3.63) is 58.9 Å². The van der Waals surface area contributed by atoms with Gasteiger partial charge in [0, 0.05) is 11.3 Å². The Bertz CT molecular complexity index is 897. The van der Waals surface area contributed by atoms with Crippen LogP contribution in [0.25, 0.3) is 0 Å². The third-order valence-corrected chi connectivity index (χ3v) is 3.94. The predicted octanol–water partition coefficient (Wildman–Crippen LogP) is 3.98. The monoisotopic (exact) mass is 398 g/mol. The zero-order valence-corrected chi connectivity index (χ0v) is 15.3. The van der Waals surface area contributed by atoms with Crippen molar-refractivity contribution < 1.29 is 31.9 Å². The summed E-state index contributed by atoms with van der Waals surface area (Å²) in [6.45, 7) is 3.47. The Kier molecular flexibility index (Phi) is 6.27. The Morgan fingerprint density at radius 1 is 1.07 bits per heavy atom. The Morgan fingerprint density at radius 2 is 1.75 bits per heavy atom. The van der Waals surface area contributed by atoms with E-state index in [0.29, 0.717) is 23.4 Å². The molecule has 2 amide bonds. The molecule has 0 fully saturated rings. The molecule has 2 N–H and O–H groups in total. The van der Waals surface area contributed by atoms with Crippen LogP contribution in [-0.4, -0.2) is 18.9 Å². The lowest BCUT2D eigenvalue weighted by molar-refractivity contribution is -0.140. The number of carbonyl (C=O) groups is 2. The van der Waals surface area contributed by atoms with E-state index in [4.69, 9.17) is 4.74 Å². The zero-order chi connectivity index (χ0) is 21.1. The molecule has 0 radical (unpaired) electrons. The summed E-state index contributed by atoms with van der Waals surface area (Å²) in [7, 11) is 1.46. The van der Waals surface area contributed by atoms with E-state index >= 15 is 0 Å². The Morgan fingerprint density at radius 3 is 2.36 bits per heavy atom. The largest absolute Gasteiger partial charge is 0.496 e. The number of methoxy groups -OCH3 is 1. The predicted molar refractivity (Wildman–Crippen MR) is 94.3 cm³/mol. The third kappa shape index (κ3) is 4.99. The van der Waals surface area contributed by atoms with E-state index in [1.165, 1.54) is 7.11 Å². The minimum absolute atomic E-state index is 0.352. The number of alkyl halides is 3. The topological polar surface area (TPSA) is 67.4 Å². The van der Waals surface area contributed by atoms with Crippen molar-refractivity contribution in [3.63, 3.8) is 0 Å². The van der Waals surface area contributed by atoms with E-state index < -0.39 is 35.4 Å². The number of carbonyl (C=O) groups excluding carboxylic acids is 2. The Hall–Kier alpha value is -3.10. The van der Waals surface area contributed by atoms with Crippen molar-refractivity contribution in [1.82, 2.24) is 5.32 Å². The highest BCUT2D eigenvalue weighted by Gasteiger charge is 2.34. The summed E-state index contributed by atoms with van der Waals surface area (Å²) in [4.78, 5) is 24.1. The second-order valence-corrected chi connectivity index (χ2v) is 6.09. The van der Waals surface area contributed by atoms with Crippen LogP contribution in [-0.2, 0) is 15.8 Å². The normalized spacial score (nSPS) is 12.2. The van der Waals surface area contributed by atoms with Crippen LogP contribution in [0.1, 0.15) is 29.7 Å². The van der Waals surface area contributed by atoms with Gasteiger partial charge in [-0.05, 0) is 38.1 Å². The molecule has 9 heteroatoms. The van der Waals surface area contributed by atoms with Gasteiger partial charge in [-0.25, -0.2) is 4.39 Å². The fourth-order valence-corrected chi connectivity index (χ4v) is 2.54. The molecule has 2 aromatic carbocycles. The first-order chi connectivity index (χ1) is 13.0. The highest BCUT2D eigenvalue weighted by atomic mass is 19.4. The van der Waals surface area contributed by atoms with Crippen molar-refractivity contribution in [1.29, 1.82) is 0 Å². The quantitative estimate of drug-likeness (QED) is 0.605. The van der Waals surface area contributed by atoms with E-state index in [-0.39, 0.29) is 5.69 Å². The van der Waals surface area contributed by atoms with Crippen LogP contribution in [0.2, 0.25) is 0 Å². The number of benzene rings is 2. The first kappa shape index (κ1) is 21.2. The minimum atomic E-state index is -4.93. The molecule has 0 aliphatic carbocycles. The van der Waals surface area contributed by atoms with E-state index in [1.54, 1.807) is 19.1 Å². The van der Waals surface area contributed by atoms with Crippen LogP contribution in [0.15, 0.2) is 36.4 Å². The van der Waals surface area contributed by atoms with Crippen molar-refractivity contribution in [2.24, 2.45) is 0 Å². The van der Waals surface area contributed by atoms with E-state index in [0.717, 1.165) is 11.6 Å². The van der Waals surface area contributed by atoms with Crippen LogP contribution in [0.3, 0.4) is 0 Å². The van der Waals surface area contributed by atoms with Gasteiger partial charge in [-0.1, -0.05) is 17.7 Å². The molecule has 0 saturated heterocycles. The smallest absolute Gasteiger partial charge is 0.419 e. The highest BCUT2D eigenvalue weighted by Crippen LogP contribution is 2.33. The summed E-state index contributed by atoms with van der Waals surface area (Å²) in [5.41, 5.74) is -0.352. The molecule has 0 heterocycles. The second kappa shape index (κ2) is 8.28. The van der Waals surface area contributed by atoms with Crippen molar-refractivity contribution in [2.45, 2.75) is 26.1 Å². The van der Waals surface area contributed by atoms with Gasteiger partial charge in [-0.2, -0.15) is 13.2 Å². The minimum Gasteiger partial charge on any atom is -0.496 e. The fourth-order valence-electron chi connectivity index (χ4n) is 2.54. The van der Waals surface area contributed by atoms with E-state index in [9.17, 15) is 27.2 Å². The molecule has 0 aliphatic heterocycles. The molecule has 5 nitrogen and oxygen atoms in total. The van der Waals surface area contributed by atoms with Gasteiger partial charge in [0.1, 0.15) is 11.6 Å². The molecule has 0 unspecified atom stereocenters. The highest BCUT2D eigenvalue weighted by molar-refractivity contribution is 6.39. The number of hydrogen-bond donors (Lipinski definition) is 2. The van der Waals surface area contributed by atoms with Crippen molar-refractivity contribution in [3.8, 4) is 5.75 Å². The summed E-state index contributed by atoms with van der Waals surface area (Å²) in [5.74, 6) is -3.21. The van der Waals surface area contributed by atoms with Gasteiger partial charge in [0.15, 0.2) is 0 Å². The maximum Gasteiger partial charge on any atom is 0.419 e. The molecular weight excluding hydrogens is 380 g/mol. The molecule has 150 valence electrons. The van der Waals surface area contributed by atoms with Crippen molar-refractivity contribution in [2.75, 3.05) is 12.4 Å². The van der Waals surface area contributed by atoms with Crippen LogP contribution in [0.4, 0.5) is 23.2 Å². The van der Waals surface area contributed by atoms with Gasteiger partial charge >= 0.3 is 18.0 Å². The van der Waals surface area contributed by atoms with Crippen LogP contribution in [0.5, 0.6) is 5.75 Å². The molecule has 28 heavy (non-hydrogen) atoms. The lowest BCUT2D eigenvalue weighted by Crippen LogP contribution is -2.37. The number of halogens is 4. The molecule has 0 aliphatic rings. The number of anilines is 1. The van der Waals surface area contributed by atoms with E-state index in [2.05, 4.69) is 5.32 Å². The number of hydrogen-bond acceptors (Lipinski definition) is 3. The fraction of sp³-hybridized carbons (Fsp3) is 0.263. The van der Waals surface area contributed by atoms with Gasteiger partial charge < -0.3 is 15.4 Å². The van der Waals surface area contributed by atoms with Crippen LogP contribution >= 0.6 is 0 Å². The molecule has 1 atom stereocenters. The standard InChI is InChI=1S/C19H18F4N2O3/c1-10-4-7-16(28-3)13(8-10)11(2)24-17(26)18(27)25-12-5-6-15(20)14(9-12)19(21,22)23/h4-9,11H,1-3H3,(H,24,26)(H,25,27)/t11-/m1/s1. The summed E-state index contributed by atoms with van der Waals surface area (Å²) in [5, 5.41) is 4.48. The molecule has 2 aromatic rings. The zero-order valence-electron chi connectivity index (χ0n) is 15.3. The van der Waals surface area contributed by atoms with Gasteiger partial charge in [0.25, 0.3) is 0 Å². The molecule has 0 spiro atoms. The lowest BCUT2D eigenvalue weighted by atomic mass is 10.0. The van der Waals surface area contributed by atoms with E-state index in [1.807, 2.05) is 18.3 Å². The molecule has 2 rings (SSSR count). The number of ether oxygens (including phenoxy) is 1. The summed E-state index contributed by atoms with van der Waals surface area (Å²) < 4.78 is 56.8. The number of amides is 2. The summed E-state index contributed by atoms with van der Waals surface area (Å²) in [6.07, 6.45) is -4.93. The van der Waals surface area contributed by atoms with Gasteiger partial charge in [-0.15, -0.1) is 0 Å². The molecular formula is C19H18F4N2O3. The SMILES string of the molecule is COc1ccc(C)cc1[C@@H](C)NC(=O)C(=O)Nc1ccc(F)c(C(F)(F)F)c1. The number of rotatable bonds is 4. The average Bonchev–Trinajstić information content (AvgIpc) is 2.62. The summed E-state index contributed by atoms with van der Waals surface area (Å²) in [6, 6.07) is 6.62. The van der Waals surface area contributed by atoms with Crippen molar-refractivity contribution >= 4 is 17.5 Å². The summed E-state index contributed by atoms with van der Waals surface area (Å²) >= 11 is 0. The first-order valence-corrected chi connectivity index (χ1v) is 8.16. The second-order valence-electron chi connectivity index (χ2n) is 6.09. The Labute approximate surface area is 158 Å². The average molecular weight is 398 g/mol. The number of aryl methyl sites for hydroxylation is 1. The molecule has 0 bridgehead atoms. The lowest BCUT2D eigenvalue weighted by Gasteiger charge is -2.18. The third-order valence-electron chi connectivity index (χ3n) is 3.94.